The quantitative estimate of drug-likeness (QED) is 0.483. The number of ether oxygens (including phenoxy) is 1. The molecule has 0 N–H and O–H groups in total. The Bertz CT molecular complexity index is 579. The van der Waals surface area contributed by atoms with Crippen molar-refractivity contribution in [1.82, 2.24) is 19.7 Å². The molecule has 19 heavy (non-hydrogen) atoms. The average Bonchev–Trinajstić information content (AvgIpc) is 2.66. The third kappa shape index (κ3) is 3.74. The molecule has 0 spiro atoms. The molecule has 0 saturated heterocycles. The minimum absolute atomic E-state index is 0.244. The fraction of sp³-hybridized carbons (Fsp3) is 0.583. The van der Waals surface area contributed by atoms with E-state index in [1.54, 1.807) is 10.9 Å². The Kier molecular flexibility index (Phi) is 4.22. The molecule has 0 atom stereocenters. The molecule has 7 heteroatoms. The van der Waals surface area contributed by atoms with Gasteiger partial charge in [-0.05, 0) is 24.6 Å². The number of aromatic nitrogens is 4. The van der Waals surface area contributed by atoms with Crippen LogP contribution >= 0.6 is 11.6 Å². The minimum Gasteiger partial charge on any atom is -0.359 e. The smallest absolute Gasteiger partial charge is 0.224 e. The summed E-state index contributed by atoms with van der Waals surface area (Å²) in [7, 11) is -1.05. The van der Waals surface area contributed by atoms with Crippen LogP contribution in [0.5, 0.6) is 0 Å². The number of fused-ring (bicyclic) bond motifs is 1. The van der Waals surface area contributed by atoms with Crippen molar-refractivity contribution < 1.29 is 4.74 Å². The largest absolute Gasteiger partial charge is 0.359 e. The Balaban J connectivity index is 2.05. The third-order valence-electron chi connectivity index (χ3n) is 2.87. The van der Waals surface area contributed by atoms with E-state index < -0.39 is 8.07 Å². The fourth-order valence-corrected chi connectivity index (χ4v) is 2.65. The van der Waals surface area contributed by atoms with Crippen molar-refractivity contribution >= 4 is 30.7 Å². The molecule has 2 aromatic rings. The fourth-order valence-electron chi connectivity index (χ4n) is 1.69. The first-order valence-electron chi connectivity index (χ1n) is 6.30. The predicted molar refractivity (Wildman–Crippen MR) is 79.2 cm³/mol. The first-order valence-corrected chi connectivity index (χ1v) is 10.4. The van der Waals surface area contributed by atoms with Crippen LogP contribution in [0.4, 0.5) is 0 Å². The zero-order valence-electron chi connectivity index (χ0n) is 11.8. The minimum atomic E-state index is -1.05. The predicted octanol–water partition coefficient (Wildman–Crippen LogP) is 3.10. The summed E-state index contributed by atoms with van der Waals surface area (Å²) in [5.41, 5.74) is 1.56. The molecular weight excluding hydrogens is 280 g/mol. The zero-order valence-corrected chi connectivity index (χ0v) is 13.5. The molecule has 2 aromatic heterocycles. The lowest BCUT2D eigenvalue weighted by Crippen LogP contribution is -2.22. The molecule has 0 unspecified atom stereocenters. The van der Waals surface area contributed by atoms with Gasteiger partial charge in [0.1, 0.15) is 6.73 Å². The van der Waals surface area contributed by atoms with Crippen molar-refractivity contribution in [3.8, 4) is 0 Å². The second kappa shape index (κ2) is 5.56. The zero-order chi connectivity index (χ0) is 14.0. The number of hydrogen-bond acceptors (Lipinski definition) is 4. The van der Waals surface area contributed by atoms with Gasteiger partial charge < -0.3 is 4.74 Å². The van der Waals surface area contributed by atoms with E-state index in [9.17, 15) is 0 Å². The second-order valence-electron chi connectivity index (χ2n) is 5.81. The molecule has 2 rings (SSSR count). The van der Waals surface area contributed by atoms with Gasteiger partial charge in [-0.2, -0.15) is 10.1 Å². The van der Waals surface area contributed by atoms with Crippen LogP contribution in [-0.4, -0.2) is 34.4 Å². The first-order chi connectivity index (χ1) is 8.87. The van der Waals surface area contributed by atoms with E-state index in [0.717, 1.165) is 29.4 Å². The van der Waals surface area contributed by atoms with Crippen LogP contribution in [0.2, 0.25) is 31.0 Å². The van der Waals surface area contributed by atoms with Crippen molar-refractivity contribution in [3.63, 3.8) is 0 Å². The van der Waals surface area contributed by atoms with Gasteiger partial charge in [-0.15, -0.1) is 0 Å². The SMILES string of the molecule is Cc1nc(Cl)nc2c1cnn2COCC[Si](C)(C)C. The Morgan fingerprint density at radius 3 is 2.74 bits per heavy atom. The molecule has 0 saturated carbocycles. The van der Waals surface area contributed by atoms with Gasteiger partial charge in [-0.1, -0.05) is 19.6 Å². The summed E-state index contributed by atoms with van der Waals surface area (Å²) in [4.78, 5) is 8.32. The van der Waals surface area contributed by atoms with E-state index in [-0.39, 0.29) is 5.28 Å². The summed E-state index contributed by atoms with van der Waals surface area (Å²) in [5, 5.41) is 5.43. The van der Waals surface area contributed by atoms with E-state index in [4.69, 9.17) is 16.3 Å². The van der Waals surface area contributed by atoms with E-state index >= 15 is 0 Å². The van der Waals surface area contributed by atoms with Crippen LogP contribution in [0.25, 0.3) is 11.0 Å². The maximum Gasteiger partial charge on any atom is 0.224 e. The summed E-state index contributed by atoms with van der Waals surface area (Å²) in [6.07, 6.45) is 1.75. The van der Waals surface area contributed by atoms with Gasteiger partial charge in [0.25, 0.3) is 0 Å². The summed E-state index contributed by atoms with van der Waals surface area (Å²) in [6.45, 7) is 10.0. The maximum atomic E-state index is 5.88. The molecule has 0 bridgehead atoms. The summed E-state index contributed by atoms with van der Waals surface area (Å²) < 4.78 is 7.40. The molecule has 5 nitrogen and oxygen atoms in total. The van der Waals surface area contributed by atoms with Crippen molar-refractivity contribution in [2.45, 2.75) is 39.3 Å². The highest BCUT2D eigenvalue weighted by molar-refractivity contribution is 6.76. The van der Waals surface area contributed by atoms with E-state index in [0.29, 0.717) is 6.73 Å². The lowest BCUT2D eigenvalue weighted by molar-refractivity contribution is 0.0813. The second-order valence-corrected chi connectivity index (χ2v) is 11.8. The molecule has 0 aliphatic heterocycles. The van der Waals surface area contributed by atoms with E-state index in [1.807, 2.05) is 6.92 Å². The highest BCUT2D eigenvalue weighted by atomic mass is 35.5. The molecule has 0 aliphatic rings. The van der Waals surface area contributed by atoms with Crippen molar-refractivity contribution in [2.24, 2.45) is 0 Å². The van der Waals surface area contributed by atoms with Crippen LogP contribution in [0.15, 0.2) is 6.20 Å². The van der Waals surface area contributed by atoms with Gasteiger partial charge in [0, 0.05) is 14.7 Å². The molecular formula is C12H19ClN4OSi. The molecule has 0 radical (unpaired) electrons. The summed E-state index contributed by atoms with van der Waals surface area (Å²) in [5.74, 6) is 0. The van der Waals surface area contributed by atoms with Crippen molar-refractivity contribution in [1.29, 1.82) is 0 Å². The van der Waals surface area contributed by atoms with Gasteiger partial charge in [0.15, 0.2) is 5.65 Å². The van der Waals surface area contributed by atoms with Crippen LogP contribution in [0.3, 0.4) is 0 Å². The number of rotatable bonds is 5. The Hall–Kier alpha value is -0.983. The Morgan fingerprint density at radius 2 is 2.05 bits per heavy atom. The highest BCUT2D eigenvalue weighted by Crippen LogP contribution is 2.17. The molecule has 0 aliphatic carbocycles. The third-order valence-corrected chi connectivity index (χ3v) is 4.74. The Morgan fingerprint density at radius 1 is 1.32 bits per heavy atom. The highest BCUT2D eigenvalue weighted by Gasteiger charge is 2.13. The van der Waals surface area contributed by atoms with E-state index in [2.05, 4.69) is 34.7 Å². The lowest BCUT2D eigenvalue weighted by atomic mass is 10.3. The number of hydrogen-bond donors (Lipinski definition) is 0. The van der Waals surface area contributed by atoms with Gasteiger partial charge in [-0.25, -0.2) is 9.67 Å². The van der Waals surface area contributed by atoms with Crippen molar-refractivity contribution in [3.05, 3.63) is 17.2 Å². The maximum absolute atomic E-state index is 5.88. The summed E-state index contributed by atoms with van der Waals surface area (Å²) >= 11 is 5.88. The molecule has 0 fully saturated rings. The standard InChI is InChI=1S/C12H19ClN4OSi/c1-9-10-7-14-17(11(10)16-12(13)15-9)8-18-5-6-19(2,3)4/h7H,5-6,8H2,1-4H3. The molecule has 104 valence electrons. The van der Waals surface area contributed by atoms with Crippen LogP contribution in [0, 0.1) is 6.92 Å². The topological polar surface area (TPSA) is 52.8 Å². The van der Waals surface area contributed by atoms with Gasteiger partial charge in [0.2, 0.25) is 5.28 Å². The van der Waals surface area contributed by atoms with Crippen molar-refractivity contribution in [2.75, 3.05) is 6.61 Å². The Labute approximate surface area is 119 Å². The number of nitrogens with zero attached hydrogens (tertiary/aromatic N) is 4. The molecule has 0 amide bonds. The van der Waals surface area contributed by atoms with Crippen LogP contribution in [-0.2, 0) is 11.5 Å². The van der Waals surface area contributed by atoms with Crippen LogP contribution in [0.1, 0.15) is 5.69 Å². The summed E-state index contributed by atoms with van der Waals surface area (Å²) in [6, 6.07) is 1.14. The molecule has 0 aromatic carbocycles. The number of halogens is 1. The molecule has 2 heterocycles. The van der Waals surface area contributed by atoms with Gasteiger partial charge in [-0.3, -0.25) is 0 Å². The van der Waals surface area contributed by atoms with E-state index in [1.165, 1.54) is 0 Å². The monoisotopic (exact) mass is 298 g/mol. The van der Waals surface area contributed by atoms with Crippen LogP contribution < -0.4 is 0 Å². The first kappa shape index (κ1) is 14.4. The number of aryl methyl sites for hydroxylation is 1. The average molecular weight is 299 g/mol. The van der Waals surface area contributed by atoms with Gasteiger partial charge >= 0.3 is 0 Å². The lowest BCUT2D eigenvalue weighted by Gasteiger charge is -2.15. The normalized spacial score (nSPS) is 12.3. The van der Waals surface area contributed by atoms with Gasteiger partial charge in [0.05, 0.1) is 17.3 Å².